The first-order chi connectivity index (χ1) is 9.55. The quantitative estimate of drug-likeness (QED) is 0.860. The Hall–Kier alpha value is -1.82. The third-order valence-electron chi connectivity index (χ3n) is 2.97. The van der Waals surface area contributed by atoms with Crippen molar-refractivity contribution in [1.82, 2.24) is 9.97 Å². The highest BCUT2D eigenvalue weighted by Crippen LogP contribution is 2.16. The lowest BCUT2D eigenvalue weighted by Gasteiger charge is -2.07. The van der Waals surface area contributed by atoms with Gasteiger partial charge in [0.25, 0.3) is 10.0 Å². The van der Waals surface area contributed by atoms with E-state index in [0.717, 1.165) is 12.8 Å². The molecule has 0 aliphatic rings. The van der Waals surface area contributed by atoms with E-state index in [-0.39, 0.29) is 5.03 Å². The van der Waals surface area contributed by atoms with E-state index in [9.17, 15) is 8.42 Å². The fourth-order valence-electron chi connectivity index (χ4n) is 1.90. The van der Waals surface area contributed by atoms with E-state index in [1.807, 2.05) is 19.1 Å². The molecule has 1 aromatic carbocycles. The van der Waals surface area contributed by atoms with Crippen LogP contribution in [0, 0.1) is 0 Å². The molecular weight excluding hydrogens is 274 g/mol. The predicted octanol–water partition coefficient (Wildman–Crippen LogP) is 2.73. The zero-order valence-corrected chi connectivity index (χ0v) is 12.5. The number of nitrogens with zero attached hydrogens (tertiary/aromatic N) is 1. The minimum absolute atomic E-state index is 0.0898. The predicted molar refractivity (Wildman–Crippen MR) is 79.2 cm³/mol. The van der Waals surface area contributed by atoms with Gasteiger partial charge in [0.05, 0.1) is 6.20 Å². The number of aryl methyl sites for hydroxylation is 2. The second kappa shape index (κ2) is 6.09. The summed E-state index contributed by atoms with van der Waals surface area (Å²) in [4.78, 5) is 6.80. The summed E-state index contributed by atoms with van der Waals surface area (Å²) >= 11 is 0. The monoisotopic (exact) mass is 293 g/mol. The van der Waals surface area contributed by atoms with E-state index < -0.39 is 10.0 Å². The summed E-state index contributed by atoms with van der Waals surface area (Å²) in [5.74, 6) is 0.656. The zero-order chi connectivity index (χ0) is 14.6. The van der Waals surface area contributed by atoms with Gasteiger partial charge in [0.15, 0.2) is 5.03 Å². The Kier molecular flexibility index (Phi) is 4.44. The summed E-state index contributed by atoms with van der Waals surface area (Å²) in [7, 11) is -3.60. The van der Waals surface area contributed by atoms with Crippen LogP contribution in [0.4, 0.5) is 5.69 Å². The molecule has 0 spiro atoms. The third-order valence-corrected chi connectivity index (χ3v) is 4.27. The second-order valence-corrected chi connectivity index (χ2v) is 6.25. The van der Waals surface area contributed by atoms with Gasteiger partial charge in [-0.3, -0.25) is 4.72 Å². The fourth-order valence-corrected chi connectivity index (χ4v) is 2.90. The Balaban J connectivity index is 2.15. The zero-order valence-electron chi connectivity index (χ0n) is 11.7. The van der Waals surface area contributed by atoms with E-state index in [0.29, 0.717) is 17.9 Å². The number of sulfonamides is 1. The number of nitrogens with one attached hydrogen (secondary N) is 2. The molecule has 0 aliphatic heterocycles. The van der Waals surface area contributed by atoms with Gasteiger partial charge in [-0.15, -0.1) is 0 Å². The van der Waals surface area contributed by atoms with Crippen LogP contribution >= 0.6 is 0 Å². The molecule has 0 radical (unpaired) electrons. The van der Waals surface area contributed by atoms with Gasteiger partial charge in [-0.1, -0.05) is 32.4 Å². The van der Waals surface area contributed by atoms with Crippen molar-refractivity contribution in [1.29, 1.82) is 0 Å². The molecule has 0 aliphatic carbocycles. The van der Waals surface area contributed by atoms with Gasteiger partial charge < -0.3 is 4.98 Å². The highest BCUT2D eigenvalue weighted by Gasteiger charge is 2.16. The Morgan fingerprint density at radius 3 is 2.45 bits per heavy atom. The minimum Gasteiger partial charge on any atom is -0.332 e. The first-order valence-corrected chi connectivity index (χ1v) is 8.19. The molecule has 2 rings (SSSR count). The highest BCUT2D eigenvalue weighted by molar-refractivity contribution is 7.92. The van der Waals surface area contributed by atoms with Gasteiger partial charge in [-0.25, -0.2) is 4.98 Å². The largest absolute Gasteiger partial charge is 0.332 e. The molecule has 0 amide bonds. The molecule has 6 heteroatoms. The topological polar surface area (TPSA) is 74.8 Å². The van der Waals surface area contributed by atoms with Crippen molar-refractivity contribution in [2.24, 2.45) is 0 Å². The lowest BCUT2D eigenvalue weighted by Crippen LogP contribution is -2.13. The average Bonchev–Trinajstić information content (AvgIpc) is 2.91. The van der Waals surface area contributed by atoms with Crippen LogP contribution in [0.5, 0.6) is 0 Å². The molecule has 0 unspecified atom stereocenters. The third kappa shape index (κ3) is 3.39. The number of rotatable bonds is 6. The fraction of sp³-hybridized carbons (Fsp3) is 0.357. The Morgan fingerprint density at radius 2 is 1.90 bits per heavy atom. The molecule has 0 bridgehead atoms. The summed E-state index contributed by atoms with van der Waals surface area (Å²) in [5.41, 5.74) is 1.75. The van der Waals surface area contributed by atoms with Crippen LogP contribution < -0.4 is 4.72 Å². The Bertz CT molecular complexity index is 660. The van der Waals surface area contributed by atoms with E-state index in [1.165, 1.54) is 11.8 Å². The number of hydrogen-bond acceptors (Lipinski definition) is 3. The number of aromatic nitrogens is 2. The summed E-state index contributed by atoms with van der Waals surface area (Å²) < 4.78 is 26.9. The van der Waals surface area contributed by atoms with E-state index in [1.54, 1.807) is 12.1 Å². The van der Waals surface area contributed by atoms with Crippen LogP contribution in [0.1, 0.15) is 31.7 Å². The SMILES string of the molecule is CCCc1ccc(NS(=O)(=O)c2cnc(CC)[nH]2)cc1. The van der Waals surface area contributed by atoms with Gasteiger partial charge in [-0.05, 0) is 24.1 Å². The standard InChI is InChI=1S/C14H19N3O2S/c1-3-5-11-6-8-12(9-7-11)17-20(18,19)14-10-15-13(4-2)16-14/h6-10,17H,3-5H2,1-2H3,(H,15,16). The number of anilines is 1. The lowest BCUT2D eigenvalue weighted by atomic mass is 10.1. The van der Waals surface area contributed by atoms with Crippen molar-refractivity contribution in [2.45, 2.75) is 38.1 Å². The Morgan fingerprint density at radius 1 is 1.20 bits per heavy atom. The first kappa shape index (κ1) is 14.6. The van der Waals surface area contributed by atoms with E-state index in [4.69, 9.17) is 0 Å². The highest BCUT2D eigenvalue weighted by atomic mass is 32.2. The van der Waals surface area contributed by atoms with Crippen LogP contribution in [-0.2, 0) is 22.9 Å². The summed E-state index contributed by atoms with van der Waals surface area (Å²) in [6.45, 7) is 4.02. The maximum Gasteiger partial charge on any atom is 0.278 e. The van der Waals surface area contributed by atoms with Gasteiger partial charge >= 0.3 is 0 Å². The second-order valence-electron chi connectivity index (χ2n) is 4.60. The number of hydrogen-bond donors (Lipinski definition) is 2. The normalized spacial score (nSPS) is 11.5. The number of benzene rings is 1. The van der Waals surface area contributed by atoms with Gasteiger partial charge in [-0.2, -0.15) is 8.42 Å². The molecule has 108 valence electrons. The van der Waals surface area contributed by atoms with Crippen molar-refractivity contribution >= 4 is 15.7 Å². The Labute approximate surface area is 119 Å². The van der Waals surface area contributed by atoms with Crippen molar-refractivity contribution < 1.29 is 8.42 Å². The minimum atomic E-state index is -3.60. The molecule has 1 heterocycles. The molecule has 0 fully saturated rings. The number of imidazole rings is 1. The van der Waals surface area contributed by atoms with Crippen LogP contribution in [0.2, 0.25) is 0 Å². The van der Waals surface area contributed by atoms with Crippen molar-refractivity contribution in [2.75, 3.05) is 4.72 Å². The summed E-state index contributed by atoms with van der Waals surface area (Å²) in [5, 5.41) is 0.0898. The van der Waals surface area contributed by atoms with Gasteiger partial charge in [0.2, 0.25) is 0 Å². The number of aromatic amines is 1. The van der Waals surface area contributed by atoms with E-state index >= 15 is 0 Å². The van der Waals surface area contributed by atoms with Crippen molar-refractivity contribution in [3.63, 3.8) is 0 Å². The van der Waals surface area contributed by atoms with Gasteiger partial charge in [0.1, 0.15) is 5.82 Å². The van der Waals surface area contributed by atoms with Crippen LogP contribution in [-0.4, -0.2) is 18.4 Å². The molecule has 2 aromatic rings. The van der Waals surface area contributed by atoms with E-state index in [2.05, 4.69) is 21.6 Å². The molecule has 0 atom stereocenters. The maximum atomic E-state index is 12.2. The smallest absolute Gasteiger partial charge is 0.278 e. The van der Waals surface area contributed by atoms with Crippen molar-refractivity contribution in [3.05, 3.63) is 41.9 Å². The molecular formula is C14H19N3O2S. The molecule has 20 heavy (non-hydrogen) atoms. The molecule has 2 N–H and O–H groups in total. The van der Waals surface area contributed by atoms with Crippen molar-refractivity contribution in [3.8, 4) is 0 Å². The molecule has 1 aromatic heterocycles. The van der Waals surface area contributed by atoms with Crippen LogP contribution in [0.25, 0.3) is 0 Å². The molecule has 5 nitrogen and oxygen atoms in total. The summed E-state index contributed by atoms with van der Waals surface area (Å²) in [6, 6.07) is 7.43. The molecule has 0 saturated carbocycles. The van der Waals surface area contributed by atoms with Crippen LogP contribution in [0.15, 0.2) is 35.5 Å². The van der Waals surface area contributed by atoms with Gasteiger partial charge in [0, 0.05) is 12.1 Å². The molecule has 0 saturated heterocycles. The average molecular weight is 293 g/mol. The number of H-pyrrole nitrogens is 1. The summed E-state index contributed by atoms with van der Waals surface area (Å²) in [6.07, 6.45) is 4.07. The maximum absolute atomic E-state index is 12.2. The van der Waals surface area contributed by atoms with Crippen LogP contribution in [0.3, 0.4) is 0 Å². The first-order valence-electron chi connectivity index (χ1n) is 6.70. The lowest BCUT2D eigenvalue weighted by molar-refractivity contribution is 0.598.